The van der Waals surface area contributed by atoms with Crippen LogP contribution in [-0.4, -0.2) is 25.5 Å². The van der Waals surface area contributed by atoms with Gasteiger partial charge in [0.25, 0.3) is 11.8 Å². The Labute approximate surface area is 160 Å². The van der Waals surface area contributed by atoms with Gasteiger partial charge in [0, 0.05) is 5.56 Å². The number of amides is 2. The minimum Gasteiger partial charge on any atom is -0.493 e. The molecule has 26 heavy (non-hydrogen) atoms. The SMILES string of the molecule is CCCOc1c(Br)cc(C(=O)Nc2cccc(C)c2C(N)=O)cc1OC. The minimum absolute atomic E-state index is 0.287. The highest BCUT2D eigenvalue weighted by Crippen LogP contribution is 2.37. The highest BCUT2D eigenvalue weighted by molar-refractivity contribution is 9.10. The van der Waals surface area contributed by atoms with Crippen molar-refractivity contribution in [3.63, 3.8) is 0 Å². The molecule has 0 atom stereocenters. The molecular formula is C19H21BrN2O4. The number of hydrogen-bond acceptors (Lipinski definition) is 4. The van der Waals surface area contributed by atoms with Crippen LogP contribution in [0.4, 0.5) is 5.69 Å². The lowest BCUT2D eigenvalue weighted by atomic mass is 10.1. The van der Waals surface area contributed by atoms with Crippen LogP contribution in [0.2, 0.25) is 0 Å². The Morgan fingerprint density at radius 1 is 1.27 bits per heavy atom. The number of benzene rings is 2. The number of carbonyl (C=O) groups excluding carboxylic acids is 2. The van der Waals surface area contributed by atoms with E-state index in [9.17, 15) is 9.59 Å². The van der Waals surface area contributed by atoms with Crippen molar-refractivity contribution in [2.75, 3.05) is 19.0 Å². The van der Waals surface area contributed by atoms with Crippen LogP contribution in [0.25, 0.3) is 0 Å². The lowest BCUT2D eigenvalue weighted by Crippen LogP contribution is -2.19. The predicted molar refractivity (Wildman–Crippen MR) is 104 cm³/mol. The monoisotopic (exact) mass is 420 g/mol. The van der Waals surface area contributed by atoms with Crippen molar-refractivity contribution in [2.24, 2.45) is 5.73 Å². The Morgan fingerprint density at radius 3 is 2.62 bits per heavy atom. The molecule has 0 aliphatic carbocycles. The molecule has 0 radical (unpaired) electrons. The molecule has 0 saturated heterocycles. The summed E-state index contributed by atoms with van der Waals surface area (Å²) in [7, 11) is 1.51. The van der Waals surface area contributed by atoms with E-state index in [2.05, 4.69) is 21.2 Å². The Bertz CT molecular complexity index is 837. The molecule has 0 aliphatic rings. The third-order valence-electron chi connectivity index (χ3n) is 3.71. The molecule has 0 saturated carbocycles. The summed E-state index contributed by atoms with van der Waals surface area (Å²) in [5.41, 5.74) is 7.13. The third-order valence-corrected chi connectivity index (χ3v) is 4.30. The number of anilines is 1. The first kappa shape index (κ1) is 19.8. The fourth-order valence-corrected chi connectivity index (χ4v) is 3.05. The quantitative estimate of drug-likeness (QED) is 0.710. The van der Waals surface area contributed by atoms with E-state index in [1.54, 1.807) is 37.3 Å². The first-order valence-corrected chi connectivity index (χ1v) is 8.89. The number of nitrogens with one attached hydrogen (secondary N) is 1. The predicted octanol–water partition coefficient (Wildman–Crippen LogP) is 3.91. The Hall–Kier alpha value is -2.54. The summed E-state index contributed by atoms with van der Waals surface area (Å²) < 4.78 is 11.6. The van der Waals surface area contributed by atoms with Crippen molar-refractivity contribution >= 4 is 33.4 Å². The number of nitrogens with two attached hydrogens (primary N) is 1. The van der Waals surface area contributed by atoms with E-state index in [-0.39, 0.29) is 11.5 Å². The molecule has 2 aromatic carbocycles. The van der Waals surface area contributed by atoms with Gasteiger partial charge in [-0.05, 0) is 53.0 Å². The number of aryl methyl sites for hydroxylation is 1. The molecule has 0 spiro atoms. The number of carbonyl (C=O) groups is 2. The zero-order chi connectivity index (χ0) is 19.3. The molecule has 138 valence electrons. The Morgan fingerprint density at radius 2 is 2.00 bits per heavy atom. The highest BCUT2D eigenvalue weighted by Gasteiger charge is 2.18. The molecule has 2 rings (SSSR count). The average Bonchev–Trinajstić information content (AvgIpc) is 2.59. The van der Waals surface area contributed by atoms with Crippen molar-refractivity contribution in [1.29, 1.82) is 0 Å². The lowest BCUT2D eigenvalue weighted by Gasteiger charge is -2.15. The van der Waals surface area contributed by atoms with Gasteiger partial charge in [0.05, 0.1) is 29.4 Å². The van der Waals surface area contributed by atoms with E-state index in [1.165, 1.54) is 7.11 Å². The first-order valence-electron chi connectivity index (χ1n) is 8.10. The summed E-state index contributed by atoms with van der Waals surface area (Å²) in [5.74, 6) is -0.00348. The highest BCUT2D eigenvalue weighted by atomic mass is 79.9. The van der Waals surface area contributed by atoms with Gasteiger partial charge in [-0.15, -0.1) is 0 Å². The van der Waals surface area contributed by atoms with E-state index >= 15 is 0 Å². The maximum absolute atomic E-state index is 12.7. The fraction of sp³-hybridized carbons (Fsp3) is 0.263. The van der Waals surface area contributed by atoms with Gasteiger partial charge < -0.3 is 20.5 Å². The van der Waals surface area contributed by atoms with Crippen molar-refractivity contribution in [1.82, 2.24) is 0 Å². The van der Waals surface area contributed by atoms with E-state index in [1.807, 2.05) is 6.92 Å². The largest absolute Gasteiger partial charge is 0.493 e. The van der Waals surface area contributed by atoms with Crippen LogP contribution in [0.5, 0.6) is 11.5 Å². The summed E-state index contributed by atoms with van der Waals surface area (Å²) >= 11 is 3.41. The molecule has 7 heteroatoms. The number of rotatable bonds is 7. The molecule has 0 bridgehead atoms. The van der Waals surface area contributed by atoms with Gasteiger partial charge in [-0.25, -0.2) is 0 Å². The summed E-state index contributed by atoms with van der Waals surface area (Å²) in [4.78, 5) is 24.4. The minimum atomic E-state index is -0.597. The van der Waals surface area contributed by atoms with Crippen LogP contribution < -0.4 is 20.5 Å². The van der Waals surface area contributed by atoms with Crippen LogP contribution in [0, 0.1) is 6.92 Å². The van der Waals surface area contributed by atoms with E-state index in [0.717, 1.165) is 6.42 Å². The second-order valence-corrected chi connectivity index (χ2v) is 6.51. The fourth-order valence-electron chi connectivity index (χ4n) is 2.49. The number of primary amides is 1. The van der Waals surface area contributed by atoms with Crippen LogP contribution in [0.15, 0.2) is 34.8 Å². The number of ether oxygens (including phenoxy) is 2. The maximum Gasteiger partial charge on any atom is 0.255 e. The average molecular weight is 421 g/mol. The summed E-state index contributed by atoms with van der Waals surface area (Å²) in [6.07, 6.45) is 0.848. The number of methoxy groups -OCH3 is 1. The lowest BCUT2D eigenvalue weighted by molar-refractivity contribution is 0.100. The second kappa shape index (κ2) is 8.71. The van der Waals surface area contributed by atoms with Gasteiger partial charge >= 0.3 is 0 Å². The van der Waals surface area contributed by atoms with Crippen LogP contribution in [0.1, 0.15) is 39.6 Å². The summed E-state index contributed by atoms with van der Waals surface area (Å²) in [6.45, 7) is 4.29. The topological polar surface area (TPSA) is 90.6 Å². The maximum atomic E-state index is 12.7. The van der Waals surface area contributed by atoms with Gasteiger partial charge in [-0.1, -0.05) is 19.1 Å². The van der Waals surface area contributed by atoms with Crippen molar-refractivity contribution < 1.29 is 19.1 Å². The first-order chi connectivity index (χ1) is 12.4. The van der Waals surface area contributed by atoms with Crippen molar-refractivity contribution in [3.8, 4) is 11.5 Å². The Kier molecular flexibility index (Phi) is 6.63. The van der Waals surface area contributed by atoms with E-state index in [4.69, 9.17) is 15.2 Å². The molecular weight excluding hydrogens is 400 g/mol. The molecule has 0 heterocycles. The zero-order valence-electron chi connectivity index (χ0n) is 14.9. The number of halogens is 1. The second-order valence-electron chi connectivity index (χ2n) is 5.65. The van der Waals surface area contributed by atoms with Crippen LogP contribution >= 0.6 is 15.9 Å². The standard InChI is InChI=1S/C19H21BrN2O4/c1-4-8-26-17-13(20)9-12(10-15(17)25-3)19(24)22-14-7-5-6-11(2)16(14)18(21)23/h5-7,9-10H,4,8H2,1-3H3,(H2,21,23)(H,22,24). The van der Waals surface area contributed by atoms with Crippen molar-refractivity contribution in [2.45, 2.75) is 20.3 Å². The summed E-state index contributed by atoms with van der Waals surface area (Å²) in [5, 5.41) is 2.73. The van der Waals surface area contributed by atoms with Crippen molar-refractivity contribution in [3.05, 3.63) is 51.5 Å². The van der Waals surface area contributed by atoms with Crippen LogP contribution in [-0.2, 0) is 0 Å². The Balaban J connectivity index is 2.35. The van der Waals surface area contributed by atoms with Crippen LogP contribution in [0.3, 0.4) is 0 Å². The molecule has 3 N–H and O–H groups in total. The third kappa shape index (κ3) is 4.35. The van der Waals surface area contributed by atoms with Gasteiger partial charge in [0.2, 0.25) is 0 Å². The van der Waals surface area contributed by atoms with Gasteiger partial charge in [-0.2, -0.15) is 0 Å². The molecule has 6 nitrogen and oxygen atoms in total. The molecule has 0 aliphatic heterocycles. The normalized spacial score (nSPS) is 10.3. The van der Waals surface area contributed by atoms with Gasteiger partial charge in [0.15, 0.2) is 11.5 Å². The number of hydrogen-bond donors (Lipinski definition) is 2. The molecule has 0 unspecified atom stereocenters. The van der Waals surface area contributed by atoms with Gasteiger partial charge in [-0.3, -0.25) is 9.59 Å². The molecule has 2 amide bonds. The van der Waals surface area contributed by atoms with E-state index < -0.39 is 5.91 Å². The smallest absolute Gasteiger partial charge is 0.255 e. The van der Waals surface area contributed by atoms with E-state index in [0.29, 0.717) is 39.4 Å². The zero-order valence-corrected chi connectivity index (χ0v) is 16.5. The molecule has 0 fully saturated rings. The van der Waals surface area contributed by atoms with Gasteiger partial charge in [0.1, 0.15) is 0 Å². The molecule has 0 aromatic heterocycles. The summed E-state index contributed by atoms with van der Waals surface area (Å²) in [6, 6.07) is 8.37. The molecule has 2 aromatic rings.